The third-order valence-electron chi connectivity index (χ3n) is 2.77. The number of hydrogen-bond donors (Lipinski definition) is 1. The molecule has 0 aliphatic rings. The molecule has 0 bridgehead atoms. The van der Waals surface area contributed by atoms with E-state index in [0.717, 1.165) is 22.4 Å². The predicted octanol–water partition coefficient (Wildman–Crippen LogP) is 2.96. The van der Waals surface area contributed by atoms with Gasteiger partial charge in [0.15, 0.2) is 11.5 Å². The zero-order valence-electron chi connectivity index (χ0n) is 9.76. The number of pyridine rings is 1. The average Bonchev–Trinajstić information content (AvgIpc) is 2.67. The van der Waals surface area contributed by atoms with Crippen LogP contribution in [0.4, 0.5) is 5.82 Å². The number of aromatic nitrogens is 3. The van der Waals surface area contributed by atoms with Gasteiger partial charge in [-0.25, -0.2) is 9.67 Å². The van der Waals surface area contributed by atoms with Gasteiger partial charge in [0.2, 0.25) is 0 Å². The Labute approximate surface area is 109 Å². The Bertz CT molecular complexity index is 716. The summed E-state index contributed by atoms with van der Waals surface area (Å²) in [5, 5.41) is 5.86. The molecule has 0 atom stereocenters. The highest BCUT2D eigenvalue weighted by atomic mass is 35.5. The van der Waals surface area contributed by atoms with Crippen molar-refractivity contribution >= 4 is 28.5 Å². The molecular weight excluding hydrogens is 248 g/mol. The average molecular weight is 259 g/mol. The molecule has 0 saturated carbocycles. The second kappa shape index (κ2) is 3.99. The Balaban J connectivity index is 2.28. The summed E-state index contributed by atoms with van der Waals surface area (Å²) < 4.78 is 1.73. The fourth-order valence-electron chi connectivity index (χ4n) is 1.88. The molecule has 0 radical (unpaired) electrons. The smallest absolute Gasteiger partial charge is 0.165 e. The molecule has 2 aromatic heterocycles. The zero-order valence-corrected chi connectivity index (χ0v) is 10.5. The zero-order chi connectivity index (χ0) is 12.7. The number of benzene rings is 1. The Morgan fingerprint density at radius 1 is 1.11 bits per heavy atom. The summed E-state index contributed by atoms with van der Waals surface area (Å²) in [7, 11) is 0. The minimum Gasteiger partial charge on any atom is -0.382 e. The first kappa shape index (κ1) is 11.0. The van der Waals surface area contributed by atoms with Crippen LogP contribution in [0, 0.1) is 6.92 Å². The standard InChI is InChI=1S/C13H11ClN4/c1-8-2-7-11-12(15)17-18(13(11)16-8)10-5-3-9(14)4-6-10/h2-7H,1H3,(H2,15,17). The van der Waals surface area contributed by atoms with E-state index in [1.165, 1.54) is 0 Å². The molecule has 4 nitrogen and oxygen atoms in total. The quantitative estimate of drug-likeness (QED) is 0.730. The van der Waals surface area contributed by atoms with Gasteiger partial charge < -0.3 is 5.73 Å². The number of aryl methyl sites for hydroxylation is 1. The van der Waals surface area contributed by atoms with E-state index in [0.29, 0.717) is 10.8 Å². The van der Waals surface area contributed by atoms with Crippen molar-refractivity contribution in [2.24, 2.45) is 0 Å². The second-order valence-corrected chi connectivity index (χ2v) is 4.53. The minimum atomic E-state index is 0.479. The van der Waals surface area contributed by atoms with Crippen LogP contribution in [0.2, 0.25) is 5.02 Å². The van der Waals surface area contributed by atoms with Gasteiger partial charge in [-0.05, 0) is 43.3 Å². The summed E-state index contributed by atoms with van der Waals surface area (Å²) in [6.45, 7) is 1.94. The number of hydrogen-bond acceptors (Lipinski definition) is 3. The van der Waals surface area contributed by atoms with Crippen LogP contribution < -0.4 is 5.73 Å². The fraction of sp³-hybridized carbons (Fsp3) is 0.0769. The van der Waals surface area contributed by atoms with Crippen LogP contribution in [-0.4, -0.2) is 14.8 Å². The first-order chi connectivity index (χ1) is 8.65. The van der Waals surface area contributed by atoms with Gasteiger partial charge in [-0.15, -0.1) is 5.10 Å². The van der Waals surface area contributed by atoms with Gasteiger partial charge in [-0.2, -0.15) is 0 Å². The maximum absolute atomic E-state index is 5.90. The number of anilines is 1. The molecule has 2 N–H and O–H groups in total. The van der Waals surface area contributed by atoms with Gasteiger partial charge >= 0.3 is 0 Å². The Hall–Kier alpha value is -2.07. The van der Waals surface area contributed by atoms with Crippen molar-refractivity contribution in [3.05, 3.63) is 47.1 Å². The molecule has 3 rings (SSSR count). The largest absolute Gasteiger partial charge is 0.382 e. The monoisotopic (exact) mass is 258 g/mol. The molecule has 0 spiro atoms. The lowest BCUT2D eigenvalue weighted by Crippen LogP contribution is -1.98. The van der Waals surface area contributed by atoms with E-state index in [4.69, 9.17) is 17.3 Å². The van der Waals surface area contributed by atoms with Gasteiger partial charge in [0.05, 0.1) is 11.1 Å². The van der Waals surface area contributed by atoms with Crippen LogP contribution in [0.5, 0.6) is 0 Å². The van der Waals surface area contributed by atoms with Gasteiger partial charge in [0.25, 0.3) is 0 Å². The second-order valence-electron chi connectivity index (χ2n) is 4.10. The molecule has 18 heavy (non-hydrogen) atoms. The first-order valence-corrected chi connectivity index (χ1v) is 5.91. The molecule has 0 aliphatic heterocycles. The molecule has 0 amide bonds. The van der Waals surface area contributed by atoms with E-state index < -0.39 is 0 Å². The summed E-state index contributed by atoms with van der Waals surface area (Å²) >= 11 is 5.88. The highest BCUT2D eigenvalue weighted by molar-refractivity contribution is 6.30. The number of nitrogens with two attached hydrogens (primary N) is 1. The van der Waals surface area contributed by atoms with Crippen molar-refractivity contribution in [1.82, 2.24) is 14.8 Å². The lowest BCUT2D eigenvalue weighted by Gasteiger charge is -2.02. The Morgan fingerprint density at radius 3 is 2.56 bits per heavy atom. The van der Waals surface area contributed by atoms with Gasteiger partial charge in [0, 0.05) is 10.7 Å². The van der Waals surface area contributed by atoms with Crippen molar-refractivity contribution in [1.29, 1.82) is 0 Å². The van der Waals surface area contributed by atoms with E-state index >= 15 is 0 Å². The fourth-order valence-corrected chi connectivity index (χ4v) is 2.00. The minimum absolute atomic E-state index is 0.479. The summed E-state index contributed by atoms with van der Waals surface area (Å²) in [6, 6.07) is 11.3. The number of nitrogens with zero attached hydrogens (tertiary/aromatic N) is 3. The van der Waals surface area contributed by atoms with Crippen molar-refractivity contribution in [2.45, 2.75) is 6.92 Å². The summed E-state index contributed by atoms with van der Waals surface area (Å²) in [5.74, 6) is 0.479. The van der Waals surface area contributed by atoms with Gasteiger partial charge in [-0.3, -0.25) is 0 Å². The van der Waals surface area contributed by atoms with E-state index in [1.807, 2.05) is 43.3 Å². The molecule has 90 valence electrons. The first-order valence-electron chi connectivity index (χ1n) is 5.53. The Morgan fingerprint density at radius 2 is 1.83 bits per heavy atom. The molecule has 0 aliphatic carbocycles. The number of nitrogen functional groups attached to an aromatic ring is 1. The lowest BCUT2D eigenvalue weighted by atomic mass is 10.3. The SMILES string of the molecule is Cc1ccc2c(N)nn(-c3ccc(Cl)cc3)c2n1. The van der Waals surface area contributed by atoms with Crippen LogP contribution in [0.25, 0.3) is 16.7 Å². The predicted molar refractivity (Wildman–Crippen MR) is 73.0 cm³/mol. The van der Waals surface area contributed by atoms with Crippen molar-refractivity contribution in [3.63, 3.8) is 0 Å². The summed E-state index contributed by atoms with van der Waals surface area (Å²) in [6.07, 6.45) is 0. The van der Waals surface area contributed by atoms with E-state index in [9.17, 15) is 0 Å². The topological polar surface area (TPSA) is 56.7 Å². The van der Waals surface area contributed by atoms with Crippen molar-refractivity contribution in [3.8, 4) is 5.69 Å². The van der Waals surface area contributed by atoms with Gasteiger partial charge in [-0.1, -0.05) is 11.6 Å². The lowest BCUT2D eigenvalue weighted by molar-refractivity contribution is 0.900. The normalized spacial score (nSPS) is 11.0. The number of halogens is 1. The maximum atomic E-state index is 5.90. The van der Waals surface area contributed by atoms with Crippen LogP contribution in [0.15, 0.2) is 36.4 Å². The summed E-state index contributed by atoms with van der Waals surface area (Å²) in [4.78, 5) is 4.48. The van der Waals surface area contributed by atoms with E-state index in [1.54, 1.807) is 4.68 Å². The Kier molecular flexibility index (Phi) is 2.45. The van der Waals surface area contributed by atoms with Crippen molar-refractivity contribution in [2.75, 3.05) is 5.73 Å². The van der Waals surface area contributed by atoms with Crippen LogP contribution in [0.3, 0.4) is 0 Å². The number of rotatable bonds is 1. The molecule has 1 aromatic carbocycles. The van der Waals surface area contributed by atoms with Crippen LogP contribution in [-0.2, 0) is 0 Å². The third kappa shape index (κ3) is 1.71. The van der Waals surface area contributed by atoms with Crippen LogP contribution >= 0.6 is 11.6 Å². The maximum Gasteiger partial charge on any atom is 0.165 e. The van der Waals surface area contributed by atoms with Crippen molar-refractivity contribution < 1.29 is 0 Å². The highest BCUT2D eigenvalue weighted by Gasteiger charge is 2.10. The highest BCUT2D eigenvalue weighted by Crippen LogP contribution is 2.23. The molecule has 0 unspecified atom stereocenters. The van der Waals surface area contributed by atoms with Crippen LogP contribution in [0.1, 0.15) is 5.69 Å². The molecule has 3 aromatic rings. The van der Waals surface area contributed by atoms with E-state index in [-0.39, 0.29) is 0 Å². The molecule has 0 fully saturated rings. The van der Waals surface area contributed by atoms with Gasteiger partial charge in [0.1, 0.15) is 0 Å². The molecule has 0 saturated heterocycles. The van der Waals surface area contributed by atoms with E-state index in [2.05, 4.69) is 10.1 Å². The molecule has 2 heterocycles. The molecule has 5 heteroatoms. The summed E-state index contributed by atoms with van der Waals surface area (Å²) in [5.41, 5.74) is 8.47. The number of fused-ring (bicyclic) bond motifs is 1. The third-order valence-corrected chi connectivity index (χ3v) is 3.02. The molecular formula is C13H11ClN4.